The topological polar surface area (TPSA) is 79.3 Å². The summed E-state index contributed by atoms with van der Waals surface area (Å²) >= 11 is 0.694. The summed E-state index contributed by atoms with van der Waals surface area (Å²) in [6.07, 6.45) is -4.84. The van der Waals surface area contributed by atoms with Crippen molar-refractivity contribution in [1.82, 2.24) is 10.3 Å². The van der Waals surface area contributed by atoms with Crippen LogP contribution in [0.3, 0.4) is 0 Å². The highest BCUT2D eigenvalue weighted by Crippen LogP contribution is 2.49. The zero-order valence-electron chi connectivity index (χ0n) is 8.74. The minimum absolute atomic E-state index is 0.167. The van der Waals surface area contributed by atoms with Crippen LogP contribution in [0.2, 0.25) is 0 Å². The summed E-state index contributed by atoms with van der Waals surface area (Å²) in [4.78, 5) is 25.5. The van der Waals surface area contributed by atoms with Crippen LogP contribution in [0.5, 0.6) is 0 Å². The molecule has 0 saturated heterocycles. The molecule has 1 fully saturated rings. The van der Waals surface area contributed by atoms with E-state index < -0.39 is 23.6 Å². The van der Waals surface area contributed by atoms with E-state index in [1.165, 1.54) is 0 Å². The number of carboxylic acid groups (broad SMARTS) is 1. The van der Waals surface area contributed by atoms with E-state index in [1.807, 2.05) is 5.32 Å². The second-order valence-electron chi connectivity index (χ2n) is 3.88. The van der Waals surface area contributed by atoms with Crippen LogP contribution in [0.15, 0.2) is 5.38 Å². The molecule has 2 N–H and O–H groups in total. The van der Waals surface area contributed by atoms with Crippen molar-refractivity contribution in [2.24, 2.45) is 0 Å². The van der Waals surface area contributed by atoms with E-state index in [-0.39, 0.29) is 23.5 Å². The van der Waals surface area contributed by atoms with Crippen LogP contribution in [0, 0.1) is 0 Å². The second-order valence-corrected chi connectivity index (χ2v) is 4.74. The number of nitrogens with zero attached hydrogens (tertiary/aromatic N) is 1. The molecule has 1 amide bonds. The number of halogens is 3. The first kappa shape index (κ1) is 12.8. The van der Waals surface area contributed by atoms with Gasteiger partial charge in [-0.25, -0.2) is 9.78 Å². The predicted molar refractivity (Wildman–Crippen MR) is 54.6 cm³/mol. The molecule has 0 spiro atoms. The zero-order valence-corrected chi connectivity index (χ0v) is 9.56. The van der Waals surface area contributed by atoms with Crippen LogP contribution in [-0.4, -0.2) is 33.7 Å². The number of amides is 1. The molecular formula is C9H7F3N2O3S. The quantitative estimate of drug-likeness (QED) is 0.882. The summed E-state index contributed by atoms with van der Waals surface area (Å²) in [7, 11) is 0. The van der Waals surface area contributed by atoms with Gasteiger partial charge in [0.2, 0.25) is 0 Å². The molecule has 2 rings (SSSR count). The van der Waals surface area contributed by atoms with E-state index >= 15 is 0 Å². The normalized spacial score (nSPS) is 17.3. The summed E-state index contributed by atoms with van der Waals surface area (Å²) in [5, 5.41) is 11.3. The van der Waals surface area contributed by atoms with E-state index in [1.54, 1.807) is 0 Å². The largest absolute Gasteiger partial charge is 0.476 e. The number of carboxylic acids is 1. The number of thiazole rings is 1. The van der Waals surface area contributed by atoms with Crippen molar-refractivity contribution < 1.29 is 27.9 Å². The number of alkyl halides is 3. The van der Waals surface area contributed by atoms with Crippen molar-refractivity contribution in [2.45, 2.75) is 24.6 Å². The van der Waals surface area contributed by atoms with Gasteiger partial charge in [0.05, 0.1) is 0 Å². The van der Waals surface area contributed by atoms with Crippen molar-refractivity contribution in [2.75, 3.05) is 0 Å². The van der Waals surface area contributed by atoms with E-state index in [0.717, 1.165) is 5.38 Å². The fourth-order valence-corrected chi connectivity index (χ4v) is 2.04. The molecule has 1 aliphatic carbocycles. The Morgan fingerprint density at radius 3 is 2.44 bits per heavy atom. The molecule has 0 atom stereocenters. The molecule has 0 unspecified atom stereocenters. The third-order valence-corrected chi connectivity index (χ3v) is 3.40. The van der Waals surface area contributed by atoms with E-state index in [4.69, 9.17) is 5.11 Å². The molecule has 18 heavy (non-hydrogen) atoms. The average molecular weight is 280 g/mol. The van der Waals surface area contributed by atoms with Gasteiger partial charge in [0.15, 0.2) is 10.7 Å². The maximum atomic E-state index is 12.6. The molecule has 0 bridgehead atoms. The van der Waals surface area contributed by atoms with Gasteiger partial charge in [-0.2, -0.15) is 13.2 Å². The molecule has 98 valence electrons. The van der Waals surface area contributed by atoms with Crippen LogP contribution in [0.1, 0.15) is 33.1 Å². The van der Waals surface area contributed by atoms with Crippen LogP contribution in [0.25, 0.3) is 0 Å². The van der Waals surface area contributed by atoms with Crippen molar-refractivity contribution >= 4 is 23.2 Å². The summed E-state index contributed by atoms with van der Waals surface area (Å²) in [5.41, 5.74) is -2.53. The fraction of sp³-hybridized carbons (Fsp3) is 0.444. The zero-order chi connectivity index (χ0) is 13.6. The highest BCUT2D eigenvalue weighted by molar-refractivity contribution is 7.11. The van der Waals surface area contributed by atoms with Gasteiger partial charge < -0.3 is 10.4 Å². The van der Waals surface area contributed by atoms with Gasteiger partial charge in [-0.3, -0.25) is 4.79 Å². The Morgan fingerprint density at radius 1 is 1.44 bits per heavy atom. The monoisotopic (exact) mass is 280 g/mol. The lowest BCUT2D eigenvalue weighted by atomic mass is 10.2. The molecule has 1 saturated carbocycles. The second kappa shape index (κ2) is 3.94. The number of nitrogens with one attached hydrogen (secondary N) is 1. The van der Waals surface area contributed by atoms with Gasteiger partial charge in [0.25, 0.3) is 5.91 Å². The molecule has 1 heterocycles. The number of carbonyl (C=O) groups excluding carboxylic acids is 1. The van der Waals surface area contributed by atoms with Crippen LogP contribution >= 0.6 is 11.3 Å². The van der Waals surface area contributed by atoms with Crippen LogP contribution in [0.4, 0.5) is 13.2 Å². The van der Waals surface area contributed by atoms with Crippen molar-refractivity contribution in [3.05, 3.63) is 16.1 Å². The fourth-order valence-electron chi connectivity index (χ4n) is 1.35. The molecule has 1 aromatic rings. The molecule has 0 aromatic carbocycles. The van der Waals surface area contributed by atoms with Gasteiger partial charge in [-0.15, -0.1) is 11.3 Å². The van der Waals surface area contributed by atoms with Crippen molar-refractivity contribution in [1.29, 1.82) is 0 Å². The minimum atomic E-state index is -4.50. The lowest BCUT2D eigenvalue weighted by Gasteiger charge is -2.19. The van der Waals surface area contributed by atoms with E-state index in [2.05, 4.69) is 4.98 Å². The van der Waals surface area contributed by atoms with Gasteiger partial charge in [0, 0.05) is 5.38 Å². The van der Waals surface area contributed by atoms with Gasteiger partial charge in [0.1, 0.15) is 5.54 Å². The summed E-state index contributed by atoms with van der Waals surface area (Å²) in [6, 6.07) is 0. The van der Waals surface area contributed by atoms with Gasteiger partial charge in [-0.1, -0.05) is 0 Å². The third kappa shape index (κ3) is 2.17. The van der Waals surface area contributed by atoms with Crippen LogP contribution < -0.4 is 5.32 Å². The van der Waals surface area contributed by atoms with Crippen molar-refractivity contribution in [3.8, 4) is 0 Å². The van der Waals surface area contributed by atoms with Crippen molar-refractivity contribution in [3.63, 3.8) is 0 Å². The number of aromatic carboxylic acids is 1. The summed E-state index contributed by atoms with van der Waals surface area (Å²) in [6.45, 7) is 0. The van der Waals surface area contributed by atoms with Gasteiger partial charge in [-0.05, 0) is 12.8 Å². The Hall–Kier alpha value is -1.64. The van der Waals surface area contributed by atoms with E-state index in [0.29, 0.717) is 11.3 Å². The highest BCUT2D eigenvalue weighted by atomic mass is 32.1. The molecule has 1 aromatic heterocycles. The third-order valence-electron chi connectivity index (χ3n) is 2.56. The molecular weight excluding hydrogens is 273 g/mol. The Balaban J connectivity index is 2.11. The summed E-state index contributed by atoms with van der Waals surface area (Å²) < 4.78 is 37.7. The lowest BCUT2D eigenvalue weighted by Crippen LogP contribution is -2.47. The Morgan fingerprint density at radius 2 is 2.06 bits per heavy atom. The maximum Gasteiger partial charge on any atom is 0.411 e. The SMILES string of the molecule is O=C(O)c1csc(C(=O)NC2(C(F)(F)F)CC2)n1. The highest BCUT2D eigenvalue weighted by Gasteiger charge is 2.64. The first-order valence-corrected chi connectivity index (χ1v) is 5.71. The average Bonchev–Trinajstić information content (AvgIpc) is 2.87. The minimum Gasteiger partial charge on any atom is -0.476 e. The molecule has 0 aliphatic heterocycles. The Bertz CT molecular complexity index is 507. The number of hydrogen-bond acceptors (Lipinski definition) is 4. The molecule has 0 radical (unpaired) electrons. The Labute approximate surface area is 103 Å². The number of rotatable bonds is 3. The number of carbonyl (C=O) groups is 2. The lowest BCUT2D eigenvalue weighted by molar-refractivity contribution is -0.163. The number of aromatic nitrogens is 1. The number of hydrogen-bond donors (Lipinski definition) is 2. The summed E-state index contributed by atoms with van der Waals surface area (Å²) in [5.74, 6) is -2.33. The Kier molecular flexibility index (Phi) is 2.80. The first-order chi connectivity index (χ1) is 8.25. The first-order valence-electron chi connectivity index (χ1n) is 4.83. The maximum absolute atomic E-state index is 12.6. The van der Waals surface area contributed by atoms with E-state index in [9.17, 15) is 22.8 Å². The molecule has 1 aliphatic rings. The van der Waals surface area contributed by atoms with Gasteiger partial charge >= 0.3 is 12.1 Å². The van der Waals surface area contributed by atoms with Crippen LogP contribution in [-0.2, 0) is 0 Å². The molecule has 9 heteroatoms. The standard InChI is InChI=1S/C9H7F3N2O3S/c10-9(11,12)8(1-2-8)14-5(15)6-13-4(3-18-6)7(16)17/h3H,1-2H2,(H,14,15)(H,16,17). The molecule has 5 nitrogen and oxygen atoms in total. The smallest absolute Gasteiger partial charge is 0.411 e. The predicted octanol–water partition coefficient (Wildman–Crippen LogP) is 1.67.